The summed E-state index contributed by atoms with van der Waals surface area (Å²) in [6, 6.07) is 13.9. The van der Waals surface area contributed by atoms with E-state index in [0.29, 0.717) is 18.1 Å². The van der Waals surface area contributed by atoms with Crippen LogP contribution in [0.15, 0.2) is 42.5 Å². The molecule has 5 heteroatoms. The lowest BCUT2D eigenvalue weighted by molar-refractivity contribution is -0.136. The van der Waals surface area contributed by atoms with Crippen molar-refractivity contribution >= 4 is 29.1 Å². The maximum Gasteiger partial charge on any atom is 0.228 e. The molecule has 0 saturated carbocycles. The first-order chi connectivity index (χ1) is 12.5. The van der Waals surface area contributed by atoms with Gasteiger partial charge in [-0.05, 0) is 42.2 Å². The van der Waals surface area contributed by atoms with Crippen molar-refractivity contribution in [1.29, 1.82) is 0 Å². The number of hydrogen-bond donors (Lipinski definition) is 0. The van der Waals surface area contributed by atoms with Crippen LogP contribution in [0, 0.1) is 12.8 Å². The normalized spacial score (nSPS) is 19.6. The van der Waals surface area contributed by atoms with Gasteiger partial charge < -0.3 is 9.80 Å². The van der Waals surface area contributed by atoms with Crippen molar-refractivity contribution < 1.29 is 9.59 Å². The van der Waals surface area contributed by atoms with Crippen LogP contribution in [0.4, 0.5) is 5.69 Å². The standard InChI is InChI=1S/C21H21ClN2O2/c1-14-6-7-18(11-19(14)22)24-13-17(10-20(24)25)21(26)23-9-8-15-4-2-3-5-16(15)12-23/h2-7,11,17H,8-10,12-13H2,1H3/t17-/m1/s1. The van der Waals surface area contributed by atoms with Crippen molar-refractivity contribution in [2.75, 3.05) is 18.0 Å². The van der Waals surface area contributed by atoms with Gasteiger partial charge in [0.1, 0.15) is 0 Å². The van der Waals surface area contributed by atoms with E-state index in [1.807, 2.05) is 36.1 Å². The van der Waals surface area contributed by atoms with Crippen molar-refractivity contribution in [3.63, 3.8) is 0 Å². The summed E-state index contributed by atoms with van der Waals surface area (Å²) in [6.45, 7) is 3.71. The Morgan fingerprint density at radius 2 is 1.92 bits per heavy atom. The monoisotopic (exact) mass is 368 g/mol. The smallest absolute Gasteiger partial charge is 0.228 e. The lowest BCUT2D eigenvalue weighted by Gasteiger charge is -2.30. The third kappa shape index (κ3) is 3.10. The molecule has 0 spiro atoms. The zero-order chi connectivity index (χ0) is 18.3. The number of anilines is 1. The zero-order valence-corrected chi connectivity index (χ0v) is 15.5. The van der Waals surface area contributed by atoms with Gasteiger partial charge in [0.2, 0.25) is 11.8 Å². The molecule has 2 amide bonds. The van der Waals surface area contributed by atoms with Gasteiger partial charge in [-0.25, -0.2) is 0 Å². The van der Waals surface area contributed by atoms with Gasteiger partial charge in [0.15, 0.2) is 0 Å². The molecule has 2 aliphatic rings. The number of amides is 2. The summed E-state index contributed by atoms with van der Waals surface area (Å²) < 4.78 is 0. The molecular formula is C21H21ClN2O2. The summed E-state index contributed by atoms with van der Waals surface area (Å²) in [5, 5.41) is 0.637. The highest BCUT2D eigenvalue weighted by Crippen LogP contribution is 2.30. The van der Waals surface area contributed by atoms with Crippen LogP contribution in [0.25, 0.3) is 0 Å². The molecule has 0 radical (unpaired) electrons. The second-order valence-corrected chi connectivity index (χ2v) is 7.52. The first kappa shape index (κ1) is 17.1. The number of halogens is 1. The van der Waals surface area contributed by atoms with Crippen molar-refractivity contribution in [3.05, 3.63) is 64.2 Å². The van der Waals surface area contributed by atoms with Crippen LogP contribution >= 0.6 is 11.6 Å². The van der Waals surface area contributed by atoms with Gasteiger partial charge in [-0.2, -0.15) is 0 Å². The molecule has 2 aromatic carbocycles. The Hall–Kier alpha value is -2.33. The van der Waals surface area contributed by atoms with E-state index < -0.39 is 0 Å². The van der Waals surface area contributed by atoms with E-state index in [-0.39, 0.29) is 24.2 Å². The van der Waals surface area contributed by atoms with Gasteiger partial charge in [0, 0.05) is 36.8 Å². The Morgan fingerprint density at radius 1 is 1.15 bits per heavy atom. The molecule has 0 aliphatic carbocycles. The highest BCUT2D eigenvalue weighted by molar-refractivity contribution is 6.31. The molecule has 1 atom stereocenters. The molecule has 2 aliphatic heterocycles. The van der Waals surface area contributed by atoms with Crippen molar-refractivity contribution in [3.8, 4) is 0 Å². The summed E-state index contributed by atoms with van der Waals surface area (Å²) in [7, 11) is 0. The Labute approximate surface area is 158 Å². The Kier molecular flexibility index (Phi) is 4.45. The largest absolute Gasteiger partial charge is 0.338 e. The van der Waals surface area contributed by atoms with E-state index in [1.165, 1.54) is 11.1 Å². The lowest BCUT2D eigenvalue weighted by atomic mass is 9.98. The zero-order valence-electron chi connectivity index (χ0n) is 14.7. The fourth-order valence-electron chi connectivity index (χ4n) is 3.81. The number of fused-ring (bicyclic) bond motifs is 1. The molecule has 134 valence electrons. The first-order valence-electron chi connectivity index (χ1n) is 8.95. The van der Waals surface area contributed by atoms with E-state index in [1.54, 1.807) is 11.0 Å². The molecule has 2 heterocycles. The van der Waals surface area contributed by atoms with Crippen molar-refractivity contribution in [2.45, 2.75) is 26.3 Å². The predicted molar refractivity (Wildman–Crippen MR) is 102 cm³/mol. The topological polar surface area (TPSA) is 40.6 Å². The highest BCUT2D eigenvalue weighted by atomic mass is 35.5. The minimum atomic E-state index is -0.284. The SMILES string of the molecule is Cc1ccc(N2C[C@H](C(=O)N3CCc4ccccc4C3)CC2=O)cc1Cl. The maximum atomic E-state index is 13.0. The van der Waals surface area contributed by atoms with Gasteiger partial charge >= 0.3 is 0 Å². The van der Waals surface area contributed by atoms with Gasteiger partial charge in [-0.15, -0.1) is 0 Å². The molecule has 26 heavy (non-hydrogen) atoms. The second-order valence-electron chi connectivity index (χ2n) is 7.12. The van der Waals surface area contributed by atoms with Crippen LogP contribution in [-0.2, 0) is 22.6 Å². The van der Waals surface area contributed by atoms with Crippen molar-refractivity contribution in [1.82, 2.24) is 4.90 Å². The minimum absolute atomic E-state index is 0.0133. The average molecular weight is 369 g/mol. The molecule has 0 aromatic heterocycles. The van der Waals surface area contributed by atoms with E-state index in [2.05, 4.69) is 12.1 Å². The quantitative estimate of drug-likeness (QED) is 0.812. The van der Waals surface area contributed by atoms with Crippen LogP contribution < -0.4 is 4.90 Å². The van der Waals surface area contributed by atoms with E-state index in [0.717, 1.165) is 24.2 Å². The lowest BCUT2D eigenvalue weighted by Crippen LogP contribution is -2.40. The predicted octanol–water partition coefficient (Wildman–Crippen LogP) is 3.59. The van der Waals surface area contributed by atoms with Crippen molar-refractivity contribution in [2.24, 2.45) is 5.92 Å². The third-order valence-electron chi connectivity index (χ3n) is 5.38. The Bertz CT molecular complexity index is 880. The summed E-state index contributed by atoms with van der Waals surface area (Å²) in [5.74, 6) is -0.220. The maximum absolute atomic E-state index is 13.0. The molecule has 1 fully saturated rings. The van der Waals surface area contributed by atoms with Crippen LogP contribution in [0.1, 0.15) is 23.1 Å². The summed E-state index contributed by atoms with van der Waals surface area (Å²) in [4.78, 5) is 29.0. The molecule has 4 rings (SSSR count). The summed E-state index contributed by atoms with van der Waals surface area (Å²) in [6.07, 6.45) is 1.14. The minimum Gasteiger partial charge on any atom is -0.338 e. The first-order valence-corrected chi connectivity index (χ1v) is 9.33. The van der Waals surface area contributed by atoms with Gasteiger partial charge in [-0.1, -0.05) is 41.9 Å². The number of nitrogens with zero attached hydrogens (tertiary/aromatic N) is 2. The number of carbonyl (C=O) groups excluding carboxylic acids is 2. The molecule has 0 unspecified atom stereocenters. The van der Waals surface area contributed by atoms with E-state index >= 15 is 0 Å². The van der Waals surface area contributed by atoms with Crippen LogP contribution in [-0.4, -0.2) is 29.8 Å². The fraction of sp³-hybridized carbons (Fsp3) is 0.333. The fourth-order valence-corrected chi connectivity index (χ4v) is 3.99. The molecule has 0 bridgehead atoms. The van der Waals surface area contributed by atoms with Gasteiger partial charge in [0.05, 0.1) is 5.92 Å². The Morgan fingerprint density at radius 3 is 2.69 bits per heavy atom. The number of carbonyl (C=O) groups is 2. The highest BCUT2D eigenvalue weighted by Gasteiger charge is 2.38. The molecule has 2 aromatic rings. The summed E-state index contributed by atoms with van der Waals surface area (Å²) in [5.41, 5.74) is 4.26. The van der Waals surface area contributed by atoms with E-state index in [4.69, 9.17) is 11.6 Å². The number of rotatable bonds is 2. The van der Waals surface area contributed by atoms with E-state index in [9.17, 15) is 9.59 Å². The number of benzene rings is 2. The molecule has 0 N–H and O–H groups in total. The second kappa shape index (κ2) is 6.76. The number of hydrogen-bond acceptors (Lipinski definition) is 2. The Balaban J connectivity index is 1.48. The molecular weight excluding hydrogens is 348 g/mol. The average Bonchev–Trinajstić information content (AvgIpc) is 3.04. The summed E-state index contributed by atoms with van der Waals surface area (Å²) >= 11 is 6.20. The van der Waals surface area contributed by atoms with Crippen LogP contribution in [0.5, 0.6) is 0 Å². The van der Waals surface area contributed by atoms with Crippen LogP contribution in [0.3, 0.4) is 0 Å². The van der Waals surface area contributed by atoms with Gasteiger partial charge in [0.25, 0.3) is 0 Å². The third-order valence-corrected chi connectivity index (χ3v) is 5.79. The number of aryl methyl sites for hydroxylation is 1. The van der Waals surface area contributed by atoms with Gasteiger partial charge in [-0.3, -0.25) is 9.59 Å². The molecule has 1 saturated heterocycles. The molecule has 4 nitrogen and oxygen atoms in total. The van der Waals surface area contributed by atoms with Crippen LogP contribution in [0.2, 0.25) is 5.02 Å².